The molecule has 1 heterocycles. The standard InChI is InChI=1S/C15H28N2O2/c1-6-11(7-2)9-17-12(8-3)14(18)16-13(10(4)5)15(17)19/h10-13H,6-9H2,1-5H3,(H,16,18). The highest BCUT2D eigenvalue weighted by atomic mass is 16.2. The molecule has 0 radical (unpaired) electrons. The molecule has 110 valence electrons. The van der Waals surface area contributed by atoms with Crippen LogP contribution in [-0.2, 0) is 9.59 Å². The number of nitrogens with one attached hydrogen (secondary N) is 1. The molecule has 0 spiro atoms. The second kappa shape index (κ2) is 6.92. The Hall–Kier alpha value is -1.06. The number of nitrogens with zero attached hydrogens (tertiary/aromatic N) is 1. The Balaban J connectivity index is 2.92. The number of piperazine rings is 1. The molecule has 1 fully saturated rings. The zero-order valence-corrected chi connectivity index (χ0v) is 12.9. The van der Waals surface area contributed by atoms with Crippen molar-refractivity contribution in [1.82, 2.24) is 10.2 Å². The van der Waals surface area contributed by atoms with Crippen LogP contribution in [0.2, 0.25) is 0 Å². The van der Waals surface area contributed by atoms with E-state index in [4.69, 9.17) is 0 Å². The lowest BCUT2D eigenvalue weighted by molar-refractivity contribution is -0.151. The second-order valence-corrected chi connectivity index (χ2v) is 5.83. The maximum atomic E-state index is 12.6. The highest BCUT2D eigenvalue weighted by Crippen LogP contribution is 2.21. The molecule has 0 bridgehead atoms. The summed E-state index contributed by atoms with van der Waals surface area (Å²) in [4.78, 5) is 26.5. The number of hydrogen-bond acceptors (Lipinski definition) is 2. The van der Waals surface area contributed by atoms with Crippen LogP contribution in [0.15, 0.2) is 0 Å². The first-order chi connectivity index (χ1) is 8.96. The van der Waals surface area contributed by atoms with Gasteiger partial charge in [0.15, 0.2) is 0 Å². The van der Waals surface area contributed by atoms with Crippen molar-refractivity contribution in [2.45, 2.75) is 66.0 Å². The van der Waals surface area contributed by atoms with E-state index in [2.05, 4.69) is 19.2 Å². The first kappa shape index (κ1) is 16.0. The van der Waals surface area contributed by atoms with E-state index in [0.717, 1.165) is 12.8 Å². The van der Waals surface area contributed by atoms with E-state index in [9.17, 15) is 9.59 Å². The number of amides is 2. The van der Waals surface area contributed by atoms with Crippen molar-refractivity contribution < 1.29 is 9.59 Å². The molecule has 0 aromatic rings. The van der Waals surface area contributed by atoms with E-state index in [0.29, 0.717) is 18.9 Å². The summed E-state index contributed by atoms with van der Waals surface area (Å²) in [6, 6.07) is -0.646. The quantitative estimate of drug-likeness (QED) is 0.802. The molecular formula is C15H28N2O2. The molecule has 2 atom stereocenters. The number of hydrogen-bond donors (Lipinski definition) is 1. The lowest BCUT2D eigenvalue weighted by Crippen LogP contribution is -2.65. The van der Waals surface area contributed by atoms with Crippen LogP contribution in [0.5, 0.6) is 0 Å². The van der Waals surface area contributed by atoms with Crippen molar-refractivity contribution >= 4 is 11.8 Å². The predicted molar refractivity (Wildman–Crippen MR) is 76.6 cm³/mol. The van der Waals surface area contributed by atoms with Gasteiger partial charge in [-0.1, -0.05) is 47.5 Å². The van der Waals surface area contributed by atoms with E-state index < -0.39 is 0 Å². The van der Waals surface area contributed by atoms with Gasteiger partial charge in [-0.25, -0.2) is 0 Å². The Morgan fingerprint density at radius 2 is 1.74 bits per heavy atom. The largest absolute Gasteiger partial charge is 0.342 e. The molecule has 2 unspecified atom stereocenters. The first-order valence-electron chi connectivity index (χ1n) is 7.56. The van der Waals surface area contributed by atoms with Gasteiger partial charge in [-0.2, -0.15) is 0 Å². The van der Waals surface area contributed by atoms with Crippen molar-refractivity contribution in [2.24, 2.45) is 11.8 Å². The van der Waals surface area contributed by atoms with Crippen molar-refractivity contribution in [3.8, 4) is 0 Å². The van der Waals surface area contributed by atoms with E-state index in [1.807, 2.05) is 25.7 Å². The SMILES string of the molecule is CCC(CC)CN1C(=O)C(C(C)C)NC(=O)C1CC. The van der Waals surface area contributed by atoms with Crippen LogP contribution in [0.1, 0.15) is 53.9 Å². The molecular weight excluding hydrogens is 240 g/mol. The summed E-state index contributed by atoms with van der Waals surface area (Å²) in [5.74, 6) is 0.718. The van der Waals surface area contributed by atoms with Crippen LogP contribution in [-0.4, -0.2) is 35.3 Å². The zero-order valence-electron chi connectivity index (χ0n) is 12.9. The number of carbonyl (C=O) groups is 2. The number of rotatable bonds is 6. The topological polar surface area (TPSA) is 49.4 Å². The molecule has 2 amide bonds. The molecule has 0 aliphatic carbocycles. The van der Waals surface area contributed by atoms with Crippen molar-refractivity contribution in [2.75, 3.05) is 6.54 Å². The molecule has 1 rings (SSSR count). The summed E-state index contributed by atoms with van der Waals surface area (Å²) in [5, 5.41) is 2.88. The van der Waals surface area contributed by atoms with Crippen molar-refractivity contribution in [3.05, 3.63) is 0 Å². The fraction of sp³-hybridized carbons (Fsp3) is 0.867. The van der Waals surface area contributed by atoms with Crippen LogP contribution >= 0.6 is 0 Å². The van der Waals surface area contributed by atoms with Crippen molar-refractivity contribution in [3.63, 3.8) is 0 Å². The van der Waals surface area contributed by atoms with Crippen LogP contribution in [0.25, 0.3) is 0 Å². The minimum atomic E-state index is -0.357. The molecule has 0 aromatic carbocycles. The molecule has 0 saturated carbocycles. The van der Waals surface area contributed by atoms with Gasteiger partial charge in [0.2, 0.25) is 11.8 Å². The van der Waals surface area contributed by atoms with Gasteiger partial charge in [-0.3, -0.25) is 9.59 Å². The van der Waals surface area contributed by atoms with Crippen LogP contribution < -0.4 is 5.32 Å². The van der Waals surface area contributed by atoms with E-state index in [1.54, 1.807) is 0 Å². The average molecular weight is 268 g/mol. The average Bonchev–Trinajstić information content (AvgIpc) is 2.38. The first-order valence-corrected chi connectivity index (χ1v) is 7.56. The summed E-state index contributed by atoms with van der Waals surface area (Å²) in [6.45, 7) is 10.9. The molecule has 4 heteroatoms. The minimum Gasteiger partial charge on any atom is -0.342 e. The van der Waals surface area contributed by atoms with Gasteiger partial charge in [0, 0.05) is 6.54 Å². The molecule has 1 saturated heterocycles. The molecule has 1 aliphatic heterocycles. The molecule has 4 nitrogen and oxygen atoms in total. The Labute approximate surface area is 116 Å². The van der Waals surface area contributed by atoms with E-state index >= 15 is 0 Å². The Kier molecular flexibility index (Phi) is 5.83. The Bertz CT molecular complexity index is 324. The summed E-state index contributed by atoms with van der Waals surface area (Å²) in [5.41, 5.74) is 0. The summed E-state index contributed by atoms with van der Waals surface area (Å²) >= 11 is 0. The van der Waals surface area contributed by atoms with Gasteiger partial charge < -0.3 is 10.2 Å². The molecule has 0 aromatic heterocycles. The number of carbonyl (C=O) groups excluding carboxylic acids is 2. The summed E-state index contributed by atoms with van der Waals surface area (Å²) in [6.07, 6.45) is 2.78. The monoisotopic (exact) mass is 268 g/mol. The van der Waals surface area contributed by atoms with E-state index in [1.165, 1.54) is 0 Å². The molecule has 1 aliphatic rings. The maximum Gasteiger partial charge on any atom is 0.246 e. The smallest absolute Gasteiger partial charge is 0.246 e. The third-order valence-corrected chi connectivity index (χ3v) is 4.19. The minimum absolute atomic E-state index is 0.00626. The fourth-order valence-electron chi connectivity index (χ4n) is 2.68. The lowest BCUT2D eigenvalue weighted by Gasteiger charge is -2.41. The highest BCUT2D eigenvalue weighted by Gasteiger charge is 2.41. The van der Waals surface area contributed by atoms with Crippen LogP contribution in [0.3, 0.4) is 0 Å². The second-order valence-electron chi connectivity index (χ2n) is 5.83. The summed E-state index contributed by atoms with van der Waals surface area (Å²) in [7, 11) is 0. The zero-order chi connectivity index (χ0) is 14.6. The van der Waals surface area contributed by atoms with Crippen LogP contribution in [0, 0.1) is 11.8 Å². The Morgan fingerprint density at radius 1 is 1.16 bits per heavy atom. The molecule has 19 heavy (non-hydrogen) atoms. The highest BCUT2D eigenvalue weighted by molar-refractivity contribution is 5.97. The lowest BCUT2D eigenvalue weighted by atomic mass is 9.94. The predicted octanol–water partition coefficient (Wildman–Crippen LogP) is 2.18. The molecule has 1 N–H and O–H groups in total. The normalized spacial score (nSPS) is 24.3. The van der Waals surface area contributed by atoms with E-state index in [-0.39, 0.29) is 29.8 Å². The van der Waals surface area contributed by atoms with Gasteiger partial charge in [0.1, 0.15) is 12.1 Å². The van der Waals surface area contributed by atoms with Crippen molar-refractivity contribution in [1.29, 1.82) is 0 Å². The fourth-order valence-corrected chi connectivity index (χ4v) is 2.68. The van der Waals surface area contributed by atoms with Gasteiger partial charge in [0.25, 0.3) is 0 Å². The van der Waals surface area contributed by atoms with Gasteiger partial charge >= 0.3 is 0 Å². The maximum absolute atomic E-state index is 12.6. The van der Waals surface area contributed by atoms with Gasteiger partial charge in [-0.15, -0.1) is 0 Å². The third-order valence-electron chi connectivity index (χ3n) is 4.19. The van der Waals surface area contributed by atoms with Gasteiger partial charge in [-0.05, 0) is 18.3 Å². The third kappa shape index (κ3) is 3.48. The summed E-state index contributed by atoms with van der Waals surface area (Å²) < 4.78 is 0. The Morgan fingerprint density at radius 3 is 2.16 bits per heavy atom. The van der Waals surface area contributed by atoms with Gasteiger partial charge in [0.05, 0.1) is 0 Å². The van der Waals surface area contributed by atoms with Crippen LogP contribution in [0.4, 0.5) is 0 Å².